The Balaban J connectivity index is 1.79. The minimum atomic E-state index is -0.392. The Morgan fingerprint density at radius 3 is 2.71 bits per heavy atom. The first kappa shape index (κ1) is 15.9. The number of amides is 1. The second-order valence-electron chi connectivity index (χ2n) is 5.64. The maximum Gasteiger partial charge on any atom is 0.220 e. The third kappa shape index (κ3) is 4.77. The molecule has 0 atom stereocenters. The van der Waals surface area contributed by atoms with Crippen LogP contribution in [0.5, 0.6) is 0 Å². The van der Waals surface area contributed by atoms with E-state index in [0.717, 1.165) is 6.42 Å². The molecule has 5 heteroatoms. The van der Waals surface area contributed by atoms with Gasteiger partial charge >= 0.3 is 0 Å². The summed E-state index contributed by atoms with van der Waals surface area (Å²) in [5.41, 5.74) is 6.40. The highest BCUT2D eigenvalue weighted by atomic mass is 32.1. The Kier molecular flexibility index (Phi) is 5.67. The maximum absolute atomic E-state index is 13.8. The lowest BCUT2D eigenvalue weighted by molar-refractivity contribution is -0.121. The number of thiocarbonyl (C=S) groups is 1. The Hall–Kier alpha value is -1.49. The second kappa shape index (κ2) is 7.50. The number of hydrogen-bond acceptors (Lipinski definition) is 2. The van der Waals surface area contributed by atoms with Gasteiger partial charge in [0, 0.05) is 24.1 Å². The van der Waals surface area contributed by atoms with Crippen molar-refractivity contribution < 1.29 is 9.18 Å². The zero-order valence-corrected chi connectivity index (χ0v) is 12.8. The molecule has 114 valence electrons. The maximum atomic E-state index is 13.8. The molecule has 1 aromatic carbocycles. The van der Waals surface area contributed by atoms with E-state index in [0.29, 0.717) is 23.5 Å². The van der Waals surface area contributed by atoms with Crippen molar-refractivity contribution in [1.82, 2.24) is 5.32 Å². The van der Waals surface area contributed by atoms with E-state index in [1.165, 1.54) is 31.7 Å². The van der Waals surface area contributed by atoms with Crippen LogP contribution in [-0.2, 0) is 11.3 Å². The molecular weight excluding hydrogens is 287 g/mol. The molecule has 1 aliphatic carbocycles. The van der Waals surface area contributed by atoms with E-state index in [-0.39, 0.29) is 17.4 Å². The number of nitrogens with one attached hydrogen (secondary N) is 1. The molecule has 1 aromatic rings. The molecule has 1 saturated carbocycles. The molecule has 0 aliphatic heterocycles. The van der Waals surface area contributed by atoms with Crippen LogP contribution in [0, 0.1) is 11.7 Å². The van der Waals surface area contributed by atoms with Crippen LogP contribution < -0.4 is 11.1 Å². The molecule has 3 N–H and O–H groups in total. The van der Waals surface area contributed by atoms with E-state index in [1.54, 1.807) is 12.1 Å². The molecule has 0 unspecified atom stereocenters. The highest BCUT2D eigenvalue weighted by Crippen LogP contribution is 2.28. The van der Waals surface area contributed by atoms with Crippen LogP contribution in [0.4, 0.5) is 4.39 Å². The molecule has 1 amide bonds. The lowest BCUT2D eigenvalue weighted by Crippen LogP contribution is -2.23. The van der Waals surface area contributed by atoms with Gasteiger partial charge in [-0.25, -0.2) is 4.39 Å². The molecule has 1 fully saturated rings. The van der Waals surface area contributed by atoms with Gasteiger partial charge in [0.1, 0.15) is 10.8 Å². The molecule has 0 aromatic heterocycles. The van der Waals surface area contributed by atoms with Crippen LogP contribution in [0.3, 0.4) is 0 Å². The molecule has 0 spiro atoms. The number of benzene rings is 1. The van der Waals surface area contributed by atoms with E-state index < -0.39 is 5.82 Å². The van der Waals surface area contributed by atoms with Crippen LogP contribution >= 0.6 is 12.2 Å². The Bertz CT molecular complexity index is 527. The summed E-state index contributed by atoms with van der Waals surface area (Å²) >= 11 is 4.80. The molecule has 2 rings (SSSR count). The first-order chi connectivity index (χ1) is 10.1. The van der Waals surface area contributed by atoms with Crippen molar-refractivity contribution in [2.24, 2.45) is 11.7 Å². The van der Waals surface area contributed by atoms with E-state index in [2.05, 4.69) is 5.32 Å². The summed E-state index contributed by atoms with van der Waals surface area (Å²) < 4.78 is 13.8. The standard InChI is InChI=1S/C16H21FN2OS/c17-14-9-12(16(18)21)6-7-13(14)10-19-15(20)8-5-11-3-1-2-4-11/h6-7,9,11H,1-5,8,10H2,(H2,18,21)(H,19,20). The molecule has 1 aliphatic rings. The molecule has 3 nitrogen and oxygen atoms in total. The summed E-state index contributed by atoms with van der Waals surface area (Å²) in [5.74, 6) is 0.286. The quantitative estimate of drug-likeness (QED) is 0.794. The van der Waals surface area contributed by atoms with Crippen molar-refractivity contribution in [2.45, 2.75) is 45.1 Å². The van der Waals surface area contributed by atoms with Gasteiger partial charge in [-0.2, -0.15) is 0 Å². The van der Waals surface area contributed by atoms with Gasteiger partial charge < -0.3 is 11.1 Å². The SMILES string of the molecule is NC(=S)c1ccc(CNC(=O)CCC2CCCC2)c(F)c1. The highest BCUT2D eigenvalue weighted by Gasteiger charge is 2.16. The summed E-state index contributed by atoms with van der Waals surface area (Å²) in [4.78, 5) is 12.0. The predicted molar refractivity (Wildman–Crippen MR) is 85.3 cm³/mol. The van der Waals surface area contributed by atoms with E-state index in [4.69, 9.17) is 18.0 Å². The van der Waals surface area contributed by atoms with Crippen LogP contribution in [-0.4, -0.2) is 10.9 Å². The van der Waals surface area contributed by atoms with E-state index in [9.17, 15) is 9.18 Å². The van der Waals surface area contributed by atoms with Gasteiger partial charge in [-0.1, -0.05) is 50.0 Å². The topological polar surface area (TPSA) is 55.1 Å². The van der Waals surface area contributed by atoms with Crippen molar-refractivity contribution in [3.8, 4) is 0 Å². The third-order valence-electron chi connectivity index (χ3n) is 4.07. The fourth-order valence-electron chi connectivity index (χ4n) is 2.76. The Morgan fingerprint density at radius 2 is 2.10 bits per heavy atom. The van der Waals surface area contributed by atoms with E-state index >= 15 is 0 Å². The van der Waals surface area contributed by atoms with Crippen molar-refractivity contribution in [1.29, 1.82) is 0 Å². The fourth-order valence-corrected chi connectivity index (χ4v) is 2.89. The summed E-state index contributed by atoms with van der Waals surface area (Å²) in [7, 11) is 0. The van der Waals surface area contributed by atoms with Gasteiger partial charge in [-0.15, -0.1) is 0 Å². The first-order valence-electron chi connectivity index (χ1n) is 7.41. The largest absolute Gasteiger partial charge is 0.389 e. The van der Waals surface area contributed by atoms with Gasteiger partial charge in [-0.05, 0) is 18.4 Å². The average molecular weight is 308 g/mol. The number of carbonyl (C=O) groups excluding carboxylic acids is 1. The van der Waals surface area contributed by atoms with Crippen LogP contribution in [0.25, 0.3) is 0 Å². The van der Waals surface area contributed by atoms with Crippen LogP contribution in [0.2, 0.25) is 0 Å². The average Bonchev–Trinajstić information content (AvgIpc) is 2.97. The van der Waals surface area contributed by atoms with Gasteiger partial charge in [0.05, 0.1) is 0 Å². The summed E-state index contributed by atoms with van der Waals surface area (Å²) in [6.07, 6.45) is 6.51. The summed E-state index contributed by atoms with van der Waals surface area (Å²) in [5, 5.41) is 2.77. The highest BCUT2D eigenvalue weighted by molar-refractivity contribution is 7.80. The Labute approximate surface area is 130 Å². The smallest absolute Gasteiger partial charge is 0.220 e. The minimum absolute atomic E-state index is 0.0141. The zero-order chi connectivity index (χ0) is 15.2. The number of rotatable bonds is 6. The lowest BCUT2D eigenvalue weighted by Gasteiger charge is -2.10. The molecule has 21 heavy (non-hydrogen) atoms. The normalized spacial score (nSPS) is 15.1. The second-order valence-corrected chi connectivity index (χ2v) is 6.08. The van der Waals surface area contributed by atoms with Crippen molar-refractivity contribution in [2.75, 3.05) is 0 Å². The number of carbonyl (C=O) groups is 1. The van der Waals surface area contributed by atoms with Crippen molar-refractivity contribution in [3.63, 3.8) is 0 Å². The lowest BCUT2D eigenvalue weighted by atomic mass is 10.0. The van der Waals surface area contributed by atoms with Crippen LogP contribution in [0.1, 0.15) is 49.7 Å². The van der Waals surface area contributed by atoms with E-state index in [1.807, 2.05) is 0 Å². The predicted octanol–water partition coefficient (Wildman–Crippen LogP) is 3.05. The van der Waals surface area contributed by atoms with Crippen molar-refractivity contribution >= 4 is 23.1 Å². The van der Waals surface area contributed by atoms with Crippen molar-refractivity contribution in [3.05, 3.63) is 35.1 Å². The first-order valence-corrected chi connectivity index (χ1v) is 7.82. The van der Waals surface area contributed by atoms with Gasteiger partial charge in [-0.3, -0.25) is 4.79 Å². The van der Waals surface area contributed by atoms with Gasteiger partial charge in [0.25, 0.3) is 0 Å². The minimum Gasteiger partial charge on any atom is -0.389 e. The molecule has 0 bridgehead atoms. The van der Waals surface area contributed by atoms with Gasteiger partial charge in [0.2, 0.25) is 5.91 Å². The summed E-state index contributed by atoms with van der Waals surface area (Å²) in [6, 6.07) is 4.59. The number of nitrogens with two attached hydrogens (primary N) is 1. The fraction of sp³-hybridized carbons (Fsp3) is 0.500. The Morgan fingerprint density at radius 1 is 1.38 bits per heavy atom. The monoisotopic (exact) mass is 308 g/mol. The summed E-state index contributed by atoms with van der Waals surface area (Å²) in [6.45, 7) is 0.201. The molecular formula is C16H21FN2OS. The molecule has 0 saturated heterocycles. The van der Waals surface area contributed by atoms with Gasteiger partial charge in [0.15, 0.2) is 0 Å². The molecule has 0 heterocycles. The number of halogens is 1. The third-order valence-corrected chi connectivity index (χ3v) is 4.30. The zero-order valence-electron chi connectivity index (χ0n) is 12.0. The van der Waals surface area contributed by atoms with Crippen LogP contribution in [0.15, 0.2) is 18.2 Å². The number of hydrogen-bond donors (Lipinski definition) is 2. The molecule has 0 radical (unpaired) electrons.